The van der Waals surface area contributed by atoms with E-state index in [1.807, 2.05) is 30.3 Å². The van der Waals surface area contributed by atoms with Gasteiger partial charge in [-0.1, -0.05) is 18.2 Å². The van der Waals surface area contributed by atoms with E-state index in [2.05, 4.69) is 20.4 Å². The van der Waals surface area contributed by atoms with Crippen LogP contribution >= 0.6 is 0 Å². The quantitative estimate of drug-likeness (QED) is 0.582. The molecule has 130 valence electrons. The Hall–Kier alpha value is -3.48. The lowest BCUT2D eigenvalue weighted by Gasteiger charge is -2.02. The van der Waals surface area contributed by atoms with E-state index in [4.69, 9.17) is 0 Å². The molecule has 2 aromatic carbocycles. The Kier molecular flexibility index (Phi) is 4.18. The molecule has 0 aliphatic heterocycles. The van der Waals surface area contributed by atoms with E-state index >= 15 is 0 Å². The Balaban J connectivity index is 1.37. The highest BCUT2D eigenvalue weighted by Crippen LogP contribution is 2.13. The summed E-state index contributed by atoms with van der Waals surface area (Å²) in [4.78, 5) is 19.7. The van der Waals surface area contributed by atoms with Crippen molar-refractivity contribution in [2.24, 2.45) is 0 Å². The van der Waals surface area contributed by atoms with Gasteiger partial charge in [0.25, 0.3) is 5.91 Å². The van der Waals surface area contributed by atoms with Crippen molar-refractivity contribution in [2.75, 3.05) is 6.54 Å². The van der Waals surface area contributed by atoms with Crippen molar-refractivity contribution in [3.8, 4) is 5.69 Å². The number of nitrogens with zero attached hydrogens (tertiary/aromatic N) is 3. The van der Waals surface area contributed by atoms with Crippen molar-refractivity contribution in [3.63, 3.8) is 0 Å². The summed E-state index contributed by atoms with van der Waals surface area (Å²) >= 11 is 0. The van der Waals surface area contributed by atoms with Crippen molar-refractivity contribution in [1.82, 2.24) is 25.1 Å². The maximum Gasteiger partial charge on any atom is 0.271 e. The molecule has 0 spiro atoms. The van der Waals surface area contributed by atoms with Crippen molar-refractivity contribution in [1.29, 1.82) is 0 Å². The minimum atomic E-state index is -0.310. The molecule has 4 rings (SSSR count). The molecule has 0 aliphatic carbocycles. The fourth-order valence-corrected chi connectivity index (χ4v) is 2.71. The van der Waals surface area contributed by atoms with Gasteiger partial charge in [0.15, 0.2) is 5.69 Å². The number of nitrogens with one attached hydrogen (secondary N) is 2. The maximum atomic E-state index is 13.2. The molecule has 0 saturated heterocycles. The Bertz CT molecular complexity index is 1050. The minimum Gasteiger partial charge on any atom is -0.350 e. The van der Waals surface area contributed by atoms with Crippen LogP contribution in [0.25, 0.3) is 16.7 Å². The van der Waals surface area contributed by atoms with Crippen molar-refractivity contribution >= 4 is 16.9 Å². The van der Waals surface area contributed by atoms with Gasteiger partial charge in [0.05, 0.1) is 16.7 Å². The van der Waals surface area contributed by atoms with Crippen LogP contribution in [0, 0.1) is 5.82 Å². The number of fused-ring (bicyclic) bond motifs is 1. The zero-order valence-corrected chi connectivity index (χ0v) is 13.8. The largest absolute Gasteiger partial charge is 0.350 e. The number of imidazole rings is 1. The van der Waals surface area contributed by atoms with Crippen LogP contribution in [0.15, 0.2) is 60.8 Å². The molecular weight excluding hydrogens is 333 g/mol. The van der Waals surface area contributed by atoms with Crippen LogP contribution < -0.4 is 5.32 Å². The highest BCUT2D eigenvalue weighted by atomic mass is 19.1. The maximum absolute atomic E-state index is 13.2. The van der Waals surface area contributed by atoms with Crippen LogP contribution in [0.4, 0.5) is 4.39 Å². The van der Waals surface area contributed by atoms with E-state index in [1.54, 1.807) is 23.0 Å². The first-order valence-electron chi connectivity index (χ1n) is 8.22. The van der Waals surface area contributed by atoms with Gasteiger partial charge in [0.1, 0.15) is 11.6 Å². The third-order valence-corrected chi connectivity index (χ3v) is 3.98. The van der Waals surface area contributed by atoms with E-state index in [0.29, 0.717) is 35.5 Å². The molecule has 0 atom stereocenters. The molecule has 0 saturated carbocycles. The van der Waals surface area contributed by atoms with Gasteiger partial charge in [-0.15, -0.1) is 0 Å². The Labute approximate surface area is 148 Å². The van der Waals surface area contributed by atoms with Gasteiger partial charge in [0, 0.05) is 19.2 Å². The highest BCUT2D eigenvalue weighted by Gasteiger charge is 2.10. The number of H-pyrrole nitrogens is 1. The molecule has 2 aromatic heterocycles. The summed E-state index contributed by atoms with van der Waals surface area (Å²) in [5, 5.41) is 7.11. The Morgan fingerprint density at radius 3 is 2.85 bits per heavy atom. The molecule has 0 unspecified atom stereocenters. The van der Waals surface area contributed by atoms with Crippen LogP contribution in [0.1, 0.15) is 16.3 Å². The summed E-state index contributed by atoms with van der Waals surface area (Å²) in [6.45, 7) is 0.402. The predicted molar refractivity (Wildman–Crippen MR) is 95.7 cm³/mol. The van der Waals surface area contributed by atoms with Gasteiger partial charge in [0.2, 0.25) is 0 Å². The van der Waals surface area contributed by atoms with E-state index in [0.717, 1.165) is 5.69 Å². The average molecular weight is 349 g/mol. The standard InChI is InChI=1S/C19H16FN5O/c20-13-6-7-15-17(12-13)23-18(22-15)8-10-21-19(26)16-9-11-25(24-16)14-4-2-1-3-5-14/h1-7,9,11-12H,8,10H2,(H,21,26)(H,22,23). The van der Waals surface area contributed by atoms with Gasteiger partial charge in [-0.25, -0.2) is 14.1 Å². The van der Waals surface area contributed by atoms with E-state index in [-0.39, 0.29) is 11.7 Å². The molecule has 1 amide bonds. The summed E-state index contributed by atoms with van der Waals surface area (Å²) in [5.74, 6) is 0.137. The summed E-state index contributed by atoms with van der Waals surface area (Å²) < 4.78 is 14.9. The summed E-state index contributed by atoms with van der Waals surface area (Å²) in [6, 6.07) is 15.7. The number of rotatable bonds is 5. The Morgan fingerprint density at radius 1 is 1.15 bits per heavy atom. The number of para-hydroxylation sites is 1. The summed E-state index contributed by atoms with van der Waals surface area (Å²) in [5.41, 5.74) is 2.59. The lowest BCUT2D eigenvalue weighted by atomic mass is 10.3. The van der Waals surface area contributed by atoms with Gasteiger partial charge >= 0.3 is 0 Å². The fraction of sp³-hybridized carbons (Fsp3) is 0.105. The molecule has 7 heteroatoms. The highest BCUT2D eigenvalue weighted by molar-refractivity contribution is 5.92. The molecule has 2 N–H and O–H groups in total. The van der Waals surface area contributed by atoms with Crippen LogP contribution in [0.2, 0.25) is 0 Å². The SMILES string of the molecule is O=C(NCCc1nc2ccc(F)cc2[nH]1)c1ccn(-c2ccccc2)n1. The monoisotopic (exact) mass is 349 g/mol. The molecule has 2 heterocycles. The number of halogens is 1. The van der Waals surface area contributed by atoms with Gasteiger partial charge in [-0.2, -0.15) is 5.10 Å². The van der Waals surface area contributed by atoms with Crippen LogP contribution in [0.5, 0.6) is 0 Å². The molecule has 0 radical (unpaired) electrons. The van der Waals surface area contributed by atoms with Crippen molar-refractivity contribution < 1.29 is 9.18 Å². The molecule has 6 nitrogen and oxygen atoms in total. The number of aromatic amines is 1. The first kappa shape index (κ1) is 16.0. The van der Waals surface area contributed by atoms with E-state index < -0.39 is 0 Å². The second-order valence-electron chi connectivity index (χ2n) is 5.83. The van der Waals surface area contributed by atoms with Crippen LogP contribution in [-0.2, 0) is 6.42 Å². The lowest BCUT2D eigenvalue weighted by molar-refractivity contribution is 0.0948. The number of hydrogen-bond donors (Lipinski definition) is 2. The lowest BCUT2D eigenvalue weighted by Crippen LogP contribution is -2.26. The third-order valence-electron chi connectivity index (χ3n) is 3.98. The second kappa shape index (κ2) is 6.79. The number of aromatic nitrogens is 4. The third kappa shape index (κ3) is 3.32. The van der Waals surface area contributed by atoms with Crippen LogP contribution in [0.3, 0.4) is 0 Å². The van der Waals surface area contributed by atoms with Crippen molar-refractivity contribution in [3.05, 3.63) is 78.1 Å². The first-order chi connectivity index (χ1) is 12.7. The van der Waals surface area contributed by atoms with Gasteiger partial charge in [-0.3, -0.25) is 4.79 Å². The first-order valence-corrected chi connectivity index (χ1v) is 8.22. The normalized spacial score (nSPS) is 11.0. The number of hydrogen-bond acceptors (Lipinski definition) is 3. The Morgan fingerprint density at radius 2 is 2.00 bits per heavy atom. The summed E-state index contributed by atoms with van der Waals surface area (Å²) in [7, 11) is 0. The number of benzene rings is 2. The number of carbonyl (C=O) groups is 1. The average Bonchev–Trinajstić information content (AvgIpc) is 3.29. The molecule has 0 fully saturated rings. The molecular formula is C19H16FN5O. The molecule has 26 heavy (non-hydrogen) atoms. The minimum absolute atomic E-state index is 0.248. The smallest absolute Gasteiger partial charge is 0.271 e. The zero-order valence-electron chi connectivity index (χ0n) is 13.8. The van der Waals surface area contributed by atoms with Gasteiger partial charge in [-0.05, 0) is 36.4 Å². The second-order valence-corrected chi connectivity index (χ2v) is 5.83. The predicted octanol–water partition coefficient (Wildman–Crippen LogP) is 2.86. The topological polar surface area (TPSA) is 75.6 Å². The fourth-order valence-electron chi connectivity index (χ4n) is 2.71. The summed E-state index contributed by atoms with van der Waals surface area (Å²) in [6.07, 6.45) is 2.26. The zero-order chi connectivity index (χ0) is 17.9. The number of amides is 1. The van der Waals surface area contributed by atoms with Gasteiger partial charge < -0.3 is 10.3 Å². The van der Waals surface area contributed by atoms with Crippen molar-refractivity contribution in [2.45, 2.75) is 6.42 Å². The molecule has 4 aromatic rings. The van der Waals surface area contributed by atoms with Crippen LogP contribution in [-0.4, -0.2) is 32.2 Å². The molecule has 0 aliphatic rings. The molecule has 0 bridgehead atoms. The van der Waals surface area contributed by atoms with E-state index in [9.17, 15) is 9.18 Å². The number of carbonyl (C=O) groups excluding carboxylic acids is 1. The van der Waals surface area contributed by atoms with E-state index in [1.165, 1.54) is 12.1 Å².